The van der Waals surface area contributed by atoms with E-state index in [0.29, 0.717) is 5.95 Å². The molecule has 0 amide bonds. The zero-order chi connectivity index (χ0) is 15.1. The molecule has 0 atom stereocenters. The molecule has 4 heteroatoms. The van der Waals surface area contributed by atoms with E-state index in [0.717, 1.165) is 34.2 Å². The number of imidazole rings is 1. The predicted octanol–water partition coefficient (Wildman–Crippen LogP) is 3.36. The predicted molar refractivity (Wildman–Crippen MR) is 88.9 cm³/mol. The van der Waals surface area contributed by atoms with Gasteiger partial charge in [-0.25, -0.2) is 9.97 Å². The number of para-hydroxylation sites is 1. The van der Waals surface area contributed by atoms with Gasteiger partial charge >= 0.3 is 0 Å². The number of nitrogens with two attached hydrogens (primary N) is 1. The van der Waals surface area contributed by atoms with E-state index in [1.165, 1.54) is 5.56 Å². The Morgan fingerprint density at radius 2 is 1.82 bits per heavy atom. The van der Waals surface area contributed by atoms with Gasteiger partial charge in [0.2, 0.25) is 5.95 Å². The van der Waals surface area contributed by atoms with E-state index in [-0.39, 0.29) is 0 Å². The fourth-order valence-corrected chi connectivity index (χ4v) is 2.84. The zero-order valence-corrected chi connectivity index (χ0v) is 12.3. The number of fused-ring (bicyclic) bond motifs is 3. The Labute approximate surface area is 128 Å². The Morgan fingerprint density at radius 1 is 1.00 bits per heavy atom. The molecule has 0 fully saturated rings. The maximum atomic E-state index is 6.11. The Kier molecular flexibility index (Phi) is 2.82. The first kappa shape index (κ1) is 12.8. The molecule has 2 aromatic heterocycles. The zero-order valence-electron chi connectivity index (χ0n) is 12.3. The van der Waals surface area contributed by atoms with Crippen LogP contribution in [0.25, 0.3) is 16.6 Å². The molecule has 4 nitrogen and oxygen atoms in total. The summed E-state index contributed by atoms with van der Waals surface area (Å²) in [6, 6.07) is 16.4. The van der Waals surface area contributed by atoms with Crippen molar-refractivity contribution in [2.75, 3.05) is 5.73 Å². The molecule has 0 spiro atoms. The van der Waals surface area contributed by atoms with E-state index in [1.807, 2.05) is 53.9 Å². The summed E-state index contributed by atoms with van der Waals surface area (Å²) >= 11 is 0. The van der Waals surface area contributed by atoms with Crippen molar-refractivity contribution >= 4 is 22.5 Å². The molecule has 0 unspecified atom stereocenters. The van der Waals surface area contributed by atoms with Gasteiger partial charge < -0.3 is 5.73 Å². The Bertz CT molecular complexity index is 971. The highest BCUT2D eigenvalue weighted by Crippen LogP contribution is 2.23. The number of nitrogens with zero attached hydrogens (tertiary/aromatic N) is 3. The molecule has 4 aromatic rings. The van der Waals surface area contributed by atoms with E-state index >= 15 is 0 Å². The summed E-state index contributed by atoms with van der Waals surface area (Å²) in [5.41, 5.74) is 11.2. The first-order valence-electron chi connectivity index (χ1n) is 7.29. The van der Waals surface area contributed by atoms with Crippen LogP contribution in [0.3, 0.4) is 0 Å². The molecule has 0 bridgehead atoms. The minimum Gasteiger partial charge on any atom is -0.369 e. The highest BCUT2D eigenvalue weighted by molar-refractivity contribution is 5.94. The van der Waals surface area contributed by atoms with Crippen LogP contribution in [0, 0.1) is 6.92 Å². The van der Waals surface area contributed by atoms with Gasteiger partial charge in [0, 0.05) is 18.0 Å². The smallest absolute Gasteiger partial charge is 0.206 e. The van der Waals surface area contributed by atoms with Gasteiger partial charge in [0.15, 0.2) is 0 Å². The lowest BCUT2D eigenvalue weighted by molar-refractivity contribution is 1.10. The average molecular weight is 288 g/mol. The van der Waals surface area contributed by atoms with Crippen LogP contribution in [0.2, 0.25) is 0 Å². The maximum absolute atomic E-state index is 6.11. The molecule has 0 aliphatic carbocycles. The van der Waals surface area contributed by atoms with Crippen LogP contribution in [-0.2, 0) is 6.42 Å². The van der Waals surface area contributed by atoms with Crippen molar-refractivity contribution in [3.63, 3.8) is 0 Å². The van der Waals surface area contributed by atoms with E-state index in [2.05, 4.69) is 17.1 Å². The van der Waals surface area contributed by atoms with Crippen LogP contribution in [0.5, 0.6) is 0 Å². The van der Waals surface area contributed by atoms with Crippen molar-refractivity contribution < 1.29 is 0 Å². The molecule has 0 saturated carbocycles. The van der Waals surface area contributed by atoms with Gasteiger partial charge in [0.1, 0.15) is 5.65 Å². The SMILES string of the molecule is Cc1cccc2c1nc(N)n1cc(Cc3ccccc3)nc21. The minimum atomic E-state index is 0.476. The second-order valence-corrected chi connectivity index (χ2v) is 5.53. The summed E-state index contributed by atoms with van der Waals surface area (Å²) in [6.07, 6.45) is 2.77. The summed E-state index contributed by atoms with van der Waals surface area (Å²) in [5, 5.41) is 1.04. The minimum absolute atomic E-state index is 0.476. The first-order chi connectivity index (χ1) is 10.7. The van der Waals surface area contributed by atoms with Crippen molar-refractivity contribution in [2.24, 2.45) is 0 Å². The summed E-state index contributed by atoms with van der Waals surface area (Å²) in [4.78, 5) is 9.31. The number of aryl methyl sites for hydroxylation is 1. The van der Waals surface area contributed by atoms with Crippen molar-refractivity contribution in [3.05, 3.63) is 71.5 Å². The molecule has 4 rings (SSSR count). The lowest BCUT2D eigenvalue weighted by Crippen LogP contribution is -2.01. The van der Waals surface area contributed by atoms with Crippen LogP contribution in [-0.4, -0.2) is 14.4 Å². The van der Waals surface area contributed by atoms with E-state index < -0.39 is 0 Å². The number of hydrogen-bond acceptors (Lipinski definition) is 3. The fraction of sp³-hybridized carbons (Fsp3) is 0.111. The normalized spacial score (nSPS) is 11.3. The van der Waals surface area contributed by atoms with E-state index in [4.69, 9.17) is 10.7 Å². The molecule has 2 N–H and O–H groups in total. The molecule has 22 heavy (non-hydrogen) atoms. The van der Waals surface area contributed by atoms with Crippen LogP contribution in [0.4, 0.5) is 5.95 Å². The molecule has 108 valence electrons. The van der Waals surface area contributed by atoms with Gasteiger partial charge in [-0.05, 0) is 24.1 Å². The second-order valence-electron chi connectivity index (χ2n) is 5.53. The van der Waals surface area contributed by atoms with E-state index in [9.17, 15) is 0 Å². The molecular weight excluding hydrogens is 272 g/mol. The number of anilines is 1. The lowest BCUT2D eigenvalue weighted by Gasteiger charge is -2.05. The first-order valence-corrected chi connectivity index (χ1v) is 7.29. The van der Waals surface area contributed by atoms with Gasteiger partial charge in [0.05, 0.1) is 11.2 Å². The fourth-order valence-electron chi connectivity index (χ4n) is 2.84. The number of nitrogen functional groups attached to an aromatic ring is 1. The Morgan fingerprint density at radius 3 is 2.64 bits per heavy atom. The Balaban J connectivity index is 1.92. The summed E-state index contributed by atoms with van der Waals surface area (Å²) in [6.45, 7) is 2.04. The third-order valence-corrected chi connectivity index (χ3v) is 3.94. The van der Waals surface area contributed by atoms with Crippen LogP contribution < -0.4 is 5.73 Å². The molecule has 2 aromatic carbocycles. The number of hydrogen-bond donors (Lipinski definition) is 1. The van der Waals surface area contributed by atoms with Gasteiger partial charge in [-0.2, -0.15) is 0 Å². The van der Waals surface area contributed by atoms with Gasteiger partial charge in [0.25, 0.3) is 0 Å². The quantitative estimate of drug-likeness (QED) is 0.615. The monoisotopic (exact) mass is 288 g/mol. The third kappa shape index (κ3) is 2.00. The standard InChI is InChI=1S/C18H16N4/c1-12-6-5-9-15-16(12)21-18(19)22-11-14(20-17(15)22)10-13-7-3-2-4-8-13/h2-9,11H,10H2,1H3,(H2,19,21). The highest BCUT2D eigenvalue weighted by atomic mass is 15.1. The maximum Gasteiger partial charge on any atom is 0.206 e. The van der Waals surface area contributed by atoms with Gasteiger partial charge in [-0.3, -0.25) is 4.40 Å². The molecule has 2 heterocycles. The van der Waals surface area contributed by atoms with Crippen molar-refractivity contribution in [2.45, 2.75) is 13.3 Å². The van der Waals surface area contributed by atoms with Crippen LogP contribution in [0.1, 0.15) is 16.8 Å². The summed E-state index contributed by atoms with van der Waals surface area (Å²) in [7, 11) is 0. The summed E-state index contributed by atoms with van der Waals surface area (Å²) < 4.78 is 1.88. The molecule has 0 saturated heterocycles. The number of rotatable bonds is 2. The Hall–Kier alpha value is -2.88. The molecule has 0 aliphatic heterocycles. The van der Waals surface area contributed by atoms with Crippen LogP contribution in [0.15, 0.2) is 54.7 Å². The summed E-state index contributed by atoms with van der Waals surface area (Å²) in [5.74, 6) is 0.476. The number of aromatic nitrogens is 3. The molecule has 0 radical (unpaired) electrons. The topological polar surface area (TPSA) is 56.2 Å². The lowest BCUT2D eigenvalue weighted by atomic mass is 10.1. The van der Waals surface area contributed by atoms with Crippen molar-refractivity contribution in [1.29, 1.82) is 0 Å². The third-order valence-electron chi connectivity index (χ3n) is 3.94. The van der Waals surface area contributed by atoms with Gasteiger partial charge in [-0.1, -0.05) is 42.5 Å². The molecular formula is C18H16N4. The van der Waals surface area contributed by atoms with Crippen LogP contribution >= 0.6 is 0 Å². The number of benzene rings is 2. The second kappa shape index (κ2) is 4.84. The average Bonchev–Trinajstić information content (AvgIpc) is 2.94. The largest absolute Gasteiger partial charge is 0.369 e. The highest BCUT2D eigenvalue weighted by Gasteiger charge is 2.11. The van der Waals surface area contributed by atoms with Crippen molar-refractivity contribution in [1.82, 2.24) is 14.4 Å². The molecule has 0 aliphatic rings. The van der Waals surface area contributed by atoms with E-state index in [1.54, 1.807) is 0 Å². The van der Waals surface area contributed by atoms with Gasteiger partial charge in [-0.15, -0.1) is 0 Å². The van der Waals surface area contributed by atoms with Crippen molar-refractivity contribution in [3.8, 4) is 0 Å².